The van der Waals surface area contributed by atoms with Crippen LogP contribution < -0.4 is 10.5 Å². The van der Waals surface area contributed by atoms with Gasteiger partial charge < -0.3 is 10.5 Å². The molecule has 0 radical (unpaired) electrons. The van der Waals surface area contributed by atoms with Crippen molar-refractivity contribution in [2.45, 2.75) is 0 Å². The monoisotopic (exact) mass is 264 g/mol. The molecule has 0 aliphatic rings. The molecule has 0 saturated heterocycles. The molecule has 0 bridgehead atoms. The Balaban J connectivity index is 1.98. The molecule has 0 saturated carbocycles. The third-order valence-corrected chi connectivity index (χ3v) is 2.77. The molecule has 2 rings (SSSR count). The van der Waals surface area contributed by atoms with Crippen molar-refractivity contribution >= 4 is 40.8 Å². The van der Waals surface area contributed by atoms with Crippen molar-refractivity contribution < 1.29 is 0 Å². The third-order valence-electron chi connectivity index (χ3n) is 2.22. The average molecular weight is 265 g/mol. The van der Waals surface area contributed by atoms with Gasteiger partial charge in [0.25, 0.3) is 0 Å². The largest absolute Gasteiger partial charge is 0.480 e. The molecule has 2 N–H and O–H groups in total. The second kappa shape index (κ2) is 5.85. The van der Waals surface area contributed by atoms with E-state index in [1.165, 1.54) is 0 Å². The second-order valence-electron chi connectivity index (χ2n) is 3.50. The summed E-state index contributed by atoms with van der Waals surface area (Å²) in [5.74, 6) is 0. The normalized spacial score (nSPS) is 9.76. The molecule has 86 valence electrons. The van der Waals surface area contributed by atoms with Gasteiger partial charge in [-0.2, -0.15) is 0 Å². The lowest BCUT2D eigenvalue weighted by molar-refractivity contribution is 1.62. The lowest BCUT2D eigenvalue weighted by Gasteiger charge is -2.13. The van der Waals surface area contributed by atoms with E-state index in [1.807, 2.05) is 54.6 Å². The smallest absolute Gasteiger partial charge is 0.396 e. The van der Waals surface area contributed by atoms with Crippen LogP contribution in [-0.4, -0.2) is 6.40 Å². The van der Waals surface area contributed by atoms with E-state index in [2.05, 4.69) is 10.5 Å². The molecule has 0 heterocycles. The number of hydrogen-bond donors (Lipinski definition) is 2. The minimum Gasteiger partial charge on any atom is -0.396 e. The second-order valence-corrected chi connectivity index (χ2v) is 4.34. The molecule has 0 fully saturated rings. The Kier molecular flexibility index (Phi) is 4.18. The Morgan fingerprint density at radius 3 is 2.18 bits per heavy atom. The van der Waals surface area contributed by atoms with Gasteiger partial charge in [0.05, 0.1) is 5.02 Å². The van der Waals surface area contributed by atoms with Crippen LogP contribution >= 0.6 is 23.1 Å². The summed E-state index contributed by atoms with van der Waals surface area (Å²) in [6, 6.07) is 17.2. The van der Waals surface area contributed by atoms with Crippen LogP contribution in [0.2, 0.25) is 5.02 Å². The number of rotatable bonds is 4. The zero-order valence-corrected chi connectivity index (χ0v) is 10.5. The SMILES string of the molecule is ClB(Nc1ccccc1)Nc1ccccc1Cl. The minimum absolute atomic E-state index is 0.419. The zero-order valence-electron chi connectivity index (χ0n) is 9.03. The number of nitrogens with one attached hydrogen (secondary N) is 2. The van der Waals surface area contributed by atoms with E-state index in [0.29, 0.717) is 5.02 Å². The Morgan fingerprint density at radius 1 is 0.824 bits per heavy atom. The fourth-order valence-electron chi connectivity index (χ4n) is 1.43. The Hall–Kier alpha value is -1.32. The van der Waals surface area contributed by atoms with Crippen LogP contribution in [0.15, 0.2) is 54.6 Å². The molecule has 0 aliphatic carbocycles. The predicted molar refractivity (Wildman–Crippen MR) is 76.7 cm³/mol. The number of hydrogen-bond acceptors (Lipinski definition) is 2. The fourth-order valence-corrected chi connectivity index (χ4v) is 1.87. The van der Waals surface area contributed by atoms with E-state index in [0.717, 1.165) is 11.4 Å². The van der Waals surface area contributed by atoms with Crippen molar-refractivity contribution in [1.29, 1.82) is 0 Å². The highest BCUT2D eigenvalue weighted by atomic mass is 35.5. The van der Waals surface area contributed by atoms with E-state index < -0.39 is 6.40 Å². The molecule has 0 atom stereocenters. The lowest BCUT2D eigenvalue weighted by atomic mass is 10.1. The highest BCUT2D eigenvalue weighted by molar-refractivity contribution is 7.10. The maximum absolute atomic E-state index is 6.14. The summed E-state index contributed by atoms with van der Waals surface area (Å²) >= 11 is 12.2. The standard InChI is InChI=1S/C12H11BCl2N2/c14-11-8-4-5-9-12(11)17-13(15)16-10-6-2-1-3-7-10/h1-9,16-17H. The summed E-state index contributed by atoms with van der Waals surface area (Å²) in [7, 11) is 0. The van der Waals surface area contributed by atoms with Gasteiger partial charge in [0, 0.05) is 11.4 Å². The van der Waals surface area contributed by atoms with Crippen LogP contribution in [-0.2, 0) is 0 Å². The summed E-state index contributed by atoms with van der Waals surface area (Å²) < 4.78 is 0. The van der Waals surface area contributed by atoms with Gasteiger partial charge in [-0.1, -0.05) is 41.9 Å². The van der Waals surface area contributed by atoms with Gasteiger partial charge in [-0.15, -0.1) is 11.5 Å². The summed E-state index contributed by atoms with van der Waals surface area (Å²) in [6.07, 6.45) is -0.419. The number of anilines is 2. The van der Waals surface area contributed by atoms with Gasteiger partial charge >= 0.3 is 6.40 Å². The molecule has 2 nitrogen and oxygen atoms in total. The molecule has 2 aromatic rings. The molecule has 0 aromatic heterocycles. The lowest BCUT2D eigenvalue weighted by Crippen LogP contribution is -2.28. The summed E-state index contributed by atoms with van der Waals surface area (Å²) in [6.45, 7) is 0. The van der Waals surface area contributed by atoms with Crippen molar-refractivity contribution in [3.05, 3.63) is 59.6 Å². The molecule has 0 amide bonds. The van der Waals surface area contributed by atoms with Crippen molar-refractivity contribution in [2.75, 3.05) is 10.5 Å². The number of halogens is 2. The van der Waals surface area contributed by atoms with Crippen LogP contribution in [0.1, 0.15) is 0 Å². The Morgan fingerprint density at radius 2 is 1.47 bits per heavy atom. The Labute approximate surface area is 111 Å². The first-order chi connectivity index (χ1) is 8.25. The molecule has 0 unspecified atom stereocenters. The van der Waals surface area contributed by atoms with Crippen LogP contribution in [0.25, 0.3) is 0 Å². The van der Waals surface area contributed by atoms with Crippen LogP contribution in [0, 0.1) is 0 Å². The number of benzene rings is 2. The van der Waals surface area contributed by atoms with Crippen LogP contribution in [0.4, 0.5) is 11.4 Å². The fraction of sp³-hybridized carbons (Fsp3) is 0. The molecular weight excluding hydrogens is 254 g/mol. The molecule has 0 aliphatic heterocycles. The van der Waals surface area contributed by atoms with Crippen molar-refractivity contribution in [1.82, 2.24) is 0 Å². The van der Waals surface area contributed by atoms with Gasteiger partial charge in [-0.25, -0.2) is 0 Å². The van der Waals surface area contributed by atoms with Gasteiger partial charge in [0.15, 0.2) is 0 Å². The summed E-state index contributed by atoms with van der Waals surface area (Å²) in [5.41, 5.74) is 1.75. The minimum atomic E-state index is -0.419. The maximum atomic E-state index is 6.14. The van der Waals surface area contributed by atoms with Gasteiger partial charge in [-0.05, 0) is 24.3 Å². The van der Waals surface area contributed by atoms with E-state index in [4.69, 9.17) is 23.1 Å². The van der Waals surface area contributed by atoms with Crippen molar-refractivity contribution in [3.8, 4) is 0 Å². The number of para-hydroxylation sites is 2. The molecular formula is C12H11BCl2N2. The van der Waals surface area contributed by atoms with Gasteiger partial charge in [-0.3, -0.25) is 0 Å². The summed E-state index contributed by atoms with van der Waals surface area (Å²) in [4.78, 5) is 0. The van der Waals surface area contributed by atoms with Crippen molar-refractivity contribution in [2.24, 2.45) is 0 Å². The first-order valence-corrected chi connectivity index (χ1v) is 6.04. The molecule has 0 spiro atoms. The molecule has 5 heteroatoms. The third kappa shape index (κ3) is 3.58. The van der Waals surface area contributed by atoms with E-state index in [1.54, 1.807) is 0 Å². The maximum Gasteiger partial charge on any atom is 0.480 e. The van der Waals surface area contributed by atoms with E-state index in [-0.39, 0.29) is 0 Å². The predicted octanol–water partition coefficient (Wildman–Crippen LogP) is 4.09. The topological polar surface area (TPSA) is 24.1 Å². The summed E-state index contributed by atoms with van der Waals surface area (Å²) in [5, 5.41) is 6.84. The first-order valence-electron chi connectivity index (χ1n) is 5.22. The average Bonchev–Trinajstić information content (AvgIpc) is 2.33. The molecule has 2 aromatic carbocycles. The van der Waals surface area contributed by atoms with Crippen LogP contribution in [0.5, 0.6) is 0 Å². The van der Waals surface area contributed by atoms with Gasteiger partial charge in [0.2, 0.25) is 0 Å². The highest BCUT2D eigenvalue weighted by Crippen LogP contribution is 2.21. The Bertz CT molecular complexity index is 479. The molecule has 17 heavy (non-hydrogen) atoms. The highest BCUT2D eigenvalue weighted by Gasteiger charge is 2.12. The van der Waals surface area contributed by atoms with Crippen LogP contribution in [0.3, 0.4) is 0 Å². The van der Waals surface area contributed by atoms with E-state index >= 15 is 0 Å². The first kappa shape index (κ1) is 12.2. The van der Waals surface area contributed by atoms with E-state index in [9.17, 15) is 0 Å². The van der Waals surface area contributed by atoms with Gasteiger partial charge in [0.1, 0.15) is 0 Å². The zero-order chi connectivity index (χ0) is 12.1. The van der Waals surface area contributed by atoms with Crippen molar-refractivity contribution in [3.63, 3.8) is 0 Å². The quantitative estimate of drug-likeness (QED) is 0.813.